The average Bonchev–Trinajstić information content (AvgIpc) is 2.71. The molecule has 0 bridgehead atoms. The first-order valence-corrected chi connectivity index (χ1v) is 8.97. The van der Waals surface area contributed by atoms with E-state index in [0.717, 1.165) is 0 Å². The third-order valence-electron chi connectivity index (χ3n) is 4.14. The normalized spacial score (nSPS) is 12.6. The monoisotopic (exact) mass is 384 g/mol. The van der Waals surface area contributed by atoms with Gasteiger partial charge in [0, 0.05) is 24.4 Å². The van der Waals surface area contributed by atoms with E-state index < -0.39 is 0 Å². The minimum Gasteiger partial charge on any atom is -0.486 e. The maximum absolute atomic E-state index is 12.9. The van der Waals surface area contributed by atoms with E-state index in [-0.39, 0.29) is 24.2 Å². The summed E-state index contributed by atoms with van der Waals surface area (Å²) in [6.07, 6.45) is 2.96. The molecule has 0 saturated carbocycles. The van der Waals surface area contributed by atoms with Gasteiger partial charge in [0.05, 0.1) is 0 Å². The van der Waals surface area contributed by atoms with Crippen LogP contribution in [0.5, 0.6) is 11.5 Å². The third-order valence-corrected chi connectivity index (χ3v) is 4.14. The zero-order valence-corrected chi connectivity index (χ0v) is 15.5. The number of anilines is 1. The van der Waals surface area contributed by atoms with Crippen LogP contribution in [0.25, 0.3) is 6.08 Å². The molecule has 0 aromatic heterocycles. The minimum absolute atomic E-state index is 0.0858. The number of nitrogens with one attached hydrogen (secondary N) is 1. The highest BCUT2D eigenvalue weighted by atomic mass is 19.1. The van der Waals surface area contributed by atoms with Crippen molar-refractivity contribution < 1.29 is 23.5 Å². The number of carbonyl (C=O) groups is 2. The number of amides is 2. The zero-order valence-electron chi connectivity index (χ0n) is 15.5. The second kappa shape index (κ2) is 9.03. The average molecular weight is 384 g/mol. The first kappa shape index (κ1) is 19.4. The molecule has 0 radical (unpaired) electrons. The molecule has 0 saturated heterocycles. The number of ether oxygens (including phenoxy) is 2. The van der Waals surface area contributed by atoms with Crippen molar-refractivity contribution in [2.45, 2.75) is 6.92 Å². The van der Waals surface area contributed by atoms with Gasteiger partial charge in [0.25, 0.3) is 0 Å². The van der Waals surface area contributed by atoms with Crippen molar-refractivity contribution in [3.63, 3.8) is 0 Å². The van der Waals surface area contributed by atoms with Gasteiger partial charge in [-0.05, 0) is 42.8 Å². The molecule has 1 aliphatic heterocycles. The number of hydrogen-bond acceptors (Lipinski definition) is 4. The summed E-state index contributed by atoms with van der Waals surface area (Å²) >= 11 is 0. The van der Waals surface area contributed by atoms with Crippen molar-refractivity contribution in [1.82, 2.24) is 4.90 Å². The van der Waals surface area contributed by atoms with Crippen LogP contribution in [0.2, 0.25) is 0 Å². The molecule has 0 fully saturated rings. The predicted molar refractivity (Wildman–Crippen MR) is 104 cm³/mol. The fourth-order valence-electron chi connectivity index (χ4n) is 2.69. The van der Waals surface area contributed by atoms with Crippen LogP contribution in [0, 0.1) is 5.82 Å². The van der Waals surface area contributed by atoms with Gasteiger partial charge in [-0.3, -0.25) is 9.59 Å². The molecule has 6 nitrogen and oxygen atoms in total. The Balaban J connectivity index is 1.58. The van der Waals surface area contributed by atoms with Crippen LogP contribution in [0.15, 0.2) is 48.5 Å². The molecule has 0 aliphatic carbocycles. The van der Waals surface area contributed by atoms with Crippen LogP contribution in [-0.4, -0.2) is 43.0 Å². The summed E-state index contributed by atoms with van der Waals surface area (Å²) < 4.78 is 23.9. The fourth-order valence-corrected chi connectivity index (χ4v) is 2.69. The molecule has 3 rings (SSSR count). The Bertz CT molecular complexity index is 880. The van der Waals surface area contributed by atoms with E-state index in [9.17, 15) is 14.0 Å². The molecule has 1 heterocycles. The van der Waals surface area contributed by atoms with E-state index in [1.807, 2.05) is 0 Å². The van der Waals surface area contributed by atoms with Crippen LogP contribution >= 0.6 is 0 Å². The van der Waals surface area contributed by atoms with E-state index in [1.54, 1.807) is 43.3 Å². The molecule has 2 aromatic rings. The Morgan fingerprint density at radius 1 is 1.11 bits per heavy atom. The van der Waals surface area contributed by atoms with Gasteiger partial charge in [0.1, 0.15) is 25.6 Å². The summed E-state index contributed by atoms with van der Waals surface area (Å²) in [5.41, 5.74) is 1.27. The molecule has 0 atom stereocenters. The minimum atomic E-state index is -0.338. The number of nitrogens with zero attached hydrogens (tertiary/aromatic N) is 1. The predicted octanol–water partition coefficient (Wildman–Crippen LogP) is 3.10. The van der Waals surface area contributed by atoms with Crippen LogP contribution in [-0.2, 0) is 9.59 Å². The van der Waals surface area contributed by atoms with Crippen molar-refractivity contribution >= 4 is 23.6 Å². The van der Waals surface area contributed by atoms with Crippen LogP contribution in [0.4, 0.5) is 10.1 Å². The third kappa shape index (κ3) is 5.09. The first-order chi connectivity index (χ1) is 13.5. The molecule has 2 amide bonds. The molecule has 1 aliphatic rings. The highest BCUT2D eigenvalue weighted by molar-refractivity contribution is 5.98. The number of likely N-dealkylation sites (N-methyl/N-ethyl adjacent to an activating group) is 1. The van der Waals surface area contributed by atoms with Crippen molar-refractivity contribution in [3.8, 4) is 11.5 Å². The van der Waals surface area contributed by atoms with Crippen molar-refractivity contribution in [2.24, 2.45) is 0 Å². The molecular weight excluding hydrogens is 363 g/mol. The van der Waals surface area contributed by atoms with Crippen LogP contribution < -0.4 is 14.8 Å². The Morgan fingerprint density at radius 3 is 2.54 bits per heavy atom. The first-order valence-electron chi connectivity index (χ1n) is 8.97. The number of halogens is 1. The number of carbonyl (C=O) groups excluding carboxylic acids is 2. The molecule has 0 spiro atoms. The second-order valence-corrected chi connectivity index (χ2v) is 6.14. The van der Waals surface area contributed by atoms with Gasteiger partial charge >= 0.3 is 0 Å². The molecule has 28 heavy (non-hydrogen) atoms. The molecule has 7 heteroatoms. The Morgan fingerprint density at radius 2 is 1.82 bits per heavy atom. The van der Waals surface area contributed by atoms with Gasteiger partial charge in [-0.25, -0.2) is 4.39 Å². The van der Waals surface area contributed by atoms with E-state index in [4.69, 9.17) is 9.47 Å². The molecular formula is C21H21FN2O4. The van der Waals surface area contributed by atoms with E-state index in [1.165, 1.54) is 23.1 Å². The lowest BCUT2D eigenvalue weighted by atomic mass is 10.2. The molecule has 2 aromatic carbocycles. The number of benzene rings is 2. The van der Waals surface area contributed by atoms with Gasteiger partial charge in [0.2, 0.25) is 11.8 Å². The lowest BCUT2D eigenvalue weighted by molar-refractivity contribution is -0.130. The maximum atomic E-state index is 12.9. The van der Waals surface area contributed by atoms with Crippen molar-refractivity contribution in [3.05, 3.63) is 59.9 Å². The summed E-state index contributed by atoms with van der Waals surface area (Å²) in [6, 6.07) is 10.9. The van der Waals surface area contributed by atoms with Gasteiger partial charge < -0.3 is 19.7 Å². The Kier molecular flexibility index (Phi) is 6.26. The Hall–Kier alpha value is -3.35. The SMILES string of the molecule is CCN(CC(=O)Nc1ccc2c(c1)OCCO2)C(=O)/C=C/c1ccc(F)cc1. The van der Waals surface area contributed by atoms with E-state index >= 15 is 0 Å². The number of rotatable bonds is 6. The number of fused-ring (bicyclic) bond motifs is 1. The fraction of sp³-hybridized carbons (Fsp3) is 0.238. The summed E-state index contributed by atoms with van der Waals surface area (Å²) in [7, 11) is 0. The maximum Gasteiger partial charge on any atom is 0.247 e. The van der Waals surface area contributed by atoms with Crippen molar-refractivity contribution in [1.29, 1.82) is 0 Å². The number of hydrogen-bond donors (Lipinski definition) is 1. The quantitative estimate of drug-likeness (QED) is 0.777. The van der Waals surface area contributed by atoms with Gasteiger partial charge in [0.15, 0.2) is 11.5 Å². The molecule has 1 N–H and O–H groups in total. The largest absolute Gasteiger partial charge is 0.486 e. The molecule has 146 valence electrons. The van der Waals surface area contributed by atoms with Gasteiger partial charge in [-0.2, -0.15) is 0 Å². The topological polar surface area (TPSA) is 67.9 Å². The highest BCUT2D eigenvalue weighted by Gasteiger charge is 2.16. The lowest BCUT2D eigenvalue weighted by Gasteiger charge is -2.20. The van der Waals surface area contributed by atoms with E-state index in [0.29, 0.717) is 42.5 Å². The van der Waals surface area contributed by atoms with Crippen LogP contribution in [0.1, 0.15) is 12.5 Å². The van der Waals surface area contributed by atoms with Gasteiger partial charge in [-0.1, -0.05) is 12.1 Å². The second-order valence-electron chi connectivity index (χ2n) is 6.14. The highest BCUT2D eigenvalue weighted by Crippen LogP contribution is 2.32. The summed E-state index contributed by atoms with van der Waals surface area (Å²) in [4.78, 5) is 26.1. The standard InChI is InChI=1S/C21H21FN2O4/c1-2-24(21(26)10-5-15-3-6-16(22)7-4-15)14-20(25)23-17-8-9-18-19(13-17)28-12-11-27-18/h3-10,13H,2,11-12,14H2,1H3,(H,23,25)/b10-5+. The summed E-state index contributed by atoms with van der Waals surface area (Å²) in [5, 5.41) is 2.76. The lowest BCUT2D eigenvalue weighted by Crippen LogP contribution is -2.36. The van der Waals surface area contributed by atoms with E-state index in [2.05, 4.69) is 5.32 Å². The Labute approximate surface area is 162 Å². The summed E-state index contributed by atoms with van der Waals surface area (Å²) in [5.74, 6) is 0.260. The van der Waals surface area contributed by atoms with Gasteiger partial charge in [-0.15, -0.1) is 0 Å². The van der Waals surface area contributed by atoms with Crippen LogP contribution in [0.3, 0.4) is 0 Å². The molecule has 0 unspecified atom stereocenters. The van der Waals surface area contributed by atoms with Crippen molar-refractivity contribution in [2.75, 3.05) is 31.6 Å². The zero-order chi connectivity index (χ0) is 19.9. The smallest absolute Gasteiger partial charge is 0.247 e. The summed E-state index contributed by atoms with van der Waals surface area (Å²) in [6.45, 7) is 3.04.